The summed E-state index contributed by atoms with van der Waals surface area (Å²) >= 11 is 0. The van der Waals surface area contributed by atoms with E-state index >= 15 is 0 Å². The number of fused-ring (bicyclic) bond motifs is 1. The van der Waals surface area contributed by atoms with E-state index in [4.69, 9.17) is 5.26 Å². The first kappa shape index (κ1) is 22.7. The molecule has 0 bridgehead atoms. The van der Waals surface area contributed by atoms with Crippen LogP contribution in [-0.2, 0) is 6.42 Å². The van der Waals surface area contributed by atoms with Gasteiger partial charge in [-0.1, -0.05) is 0 Å². The van der Waals surface area contributed by atoms with Crippen LogP contribution in [0, 0.1) is 30.0 Å². The quantitative estimate of drug-likeness (QED) is 0.587. The van der Waals surface area contributed by atoms with Gasteiger partial charge in [0.05, 0.1) is 0 Å². The van der Waals surface area contributed by atoms with Crippen molar-refractivity contribution in [3.63, 3.8) is 0 Å². The molecule has 9 heteroatoms. The summed E-state index contributed by atoms with van der Waals surface area (Å²) in [5, 5.41) is 19.7. The summed E-state index contributed by atoms with van der Waals surface area (Å²) in [6.07, 6.45) is 3.40. The Balaban J connectivity index is 0.00000272. The number of nitriles is 1. The lowest BCUT2D eigenvalue weighted by Crippen LogP contribution is -2.24. The third kappa shape index (κ3) is 4.68. The lowest BCUT2D eigenvalue weighted by molar-refractivity contribution is 0.0962. The largest absolute Gasteiger partial charge is 0.494 e. The molecule has 1 aliphatic heterocycles. The van der Waals surface area contributed by atoms with Gasteiger partial charge in [-0.15, -0.1) is 12.4 Å². The van der Waals surface area contributed by atoms with Gasteiger partial charge in [-0.25, -0.2) is 14.4 Å². The van der Waals surface area contributed by atoms with Gasteiger partial charge in [0, 0.05) is 36.3 Å². The molecule has 1 unspecified atom stereocenters. The zero-order valence-electron chi connectivity index (χ0n) is 17.1. The summed E-state index contributed by atoms with van der Waals surface area (Å²) in [6, 6.07) is 7.67. The number of aromatic nitrogens is 3. The molecule has 1 aliphatic rings. The second kappa shape index (κ2) is 9.41. The Labute approximate surface area is 185 Å². The minimum atomic E-state index is -0.343. The number of imidazole rings is 1. The molecule has 1 atom stereocenters. The topological polar surface area (TPSA) is 94.5 Å². The molecule has 0 saturated carbocycles. The SMILES string of the molecule is Cc1nc2c(C#N)ncn2c(O)c1CCN1CCC(CC(=O)c2ccc(F)cc2)C1.Cl. The highest BCUT2D eigenvalue weighted by atomic mass is 35.5. The highest BCUT2D eigenvalue weighted by Gasteiger charge is 2.25. The average molecular weight is 444 g/mol. The van der Waals surface area contributed by atoms with Gasteiger partial charge in [-0.3, -0.25) is 9.20 Å². The predicted octanol–water partition coefficient (Wildman–Crippen LogP) is 3.31. The number of likely N-dealkylation sites (tertiary alicyclic amines) is 1. The zero-order chi connectivity index (χ0) is 21.3. The maximum atomic E-state index is 13.0. The highest BCUT2D eigenvalue weighted by molar-refractivity contribution is 5.96. The van der Waals surface area contributed by atoms with Gasteiger partial charge >= 0.3 is 0 Å². The number of halogens is 2. The molecule has 162 valence electrons. The van der Waals surface area contributed by atoms with Crippen LogP contribution in [0.25, 0.3) is 5.65 Å². The number of nitrogens with zero attached hydrogens (tertiary/aromatic N) is 5. The molecule has 2 aromatic heterocycles. The summed E-state index contributed by atoms with van der Waals surface area (Å²) < 4.78 is 14.5. The standard InChI is InChI=1S/C22H22FN5O2.ClH/c1-14-18(22(30)28-13-25-19(11-24)21(28)26-14)7-9-27-8-6-15(12-27)10-20(29)16-2-4-17(23)5-3-16;/h2-5,13,15,30H,6-10,12H2,1H3;1H. The van der Waals surface area contributed by atoms with Crippen molar-refractivity contribution in [2.75, 3.05) is 19.6 Å². The molecule has 3 aromatic rings. The minimum absolute atomic E-state index is 0. The van der Waals surface area contributed by atoms with Gasteiger partial charge in [-0.05, 0) is 56.5 Å². The van der Waals surface area contributed by atoms with Gasteiger partial charge in [0.15, 0.2) is 17.1 Å². The highest BCUT2D eigenvalue weighted by Crippen LogP contribution is 2.26. The van der Waals surface area contributed by atoms with E-state index in [2.05, 4.69) is 14.9 Å². The van der Waals surface area contributed by atoms with Crippen LogP contribution >= 0.6 is 12.4 Å². The van der Waals surface area contributed by atoms with Crippen LogP contribution in [0.5, 0.6) is 5.88 Å². The minimum Gasteiger partial charge on any atom is -0.494 e. The summed E-state index contributed by atoms with van der Waals surface area (Å²) in [4.78, 5) is 23.1. The molecule has 3 heterocycles. The van der Waals surface area contributed by atoms with Crippen LogP contribution in [-0.4, -0.2) is 49.8 Å². The van der Waals surface area contributed by atoms with E-state index in [-0.39, 0.29) is 41.5 Å². The summed E-state index contributed by atoms with van der Waals surface area (Å²) in [6.45, 7) is 4.26. The Morgan fingerprint density at radius 1 is 1.35 bits per heavy atom. The third-order valence-electron chi connectivity index (χ3n) is 5.74. The number of hydrogen-bond acceptors (Lipinski definition) is 6. The van der Waals surface area contributed by atoms with E-state index in [1.165, 1.54) is 35.0 Å². The van der Waals surface area contributed by atoms with Gasteiger partial charge in [0.25, 0.3) is 0 Å². The first-order valence-corrected chi connectivity index (χ1v) is 9.93. The molecule has 1 aromatic carbocycles. The van der Waals surface area contributed by atoms with E-state index < -0.39 is 0 Å². The lowest BCUT2D eigenvalue weighted by atomic mass is 9.97. The van der Waals surface area contributed by atoms with Gasteiger partial charge in [0.1, 0.15) is 18.2 Å². The number of Topliss-reactive ketones (excluding diaryl/α,β-unsaturated/α-hetero) is 1. The predicted molar refractivity (Wildman–Crippen MR) is 115 cm³/mol. The molecule has 1 saturated heterocycles. The fraction of sp³-hybridized carbons (Fsp3) is 0.364. The maximum Gasteiger partial charge on any atom is 0.203 e. The van der Waals surface area contributed by atoms with Crippen molar-refractivity contribution in [1.82, 2.24) is 19.3 Å². The number of carbonyl (C=O) groups is 1. The van der Waals surface area contributed by atoms with Crippen molar-refractivity contribution >= 4 is 23.8 Å². The Kier molecular flexibility index (Phi) is 6.88. The third-order valence-corrected chi connectivity index (χ3v) is 5.74. The van der Waals surface area contributed by atoms with Crippen molar-refractivity contribution in [1.29, 1.82) is 5.26 Å². The van der Waals surface area contributed by atoms with E-state index in [1.54, 1.807) is 0 Å². The molecular weight excluding hydrogens is 421 g/mol. The second-order valence-corrected chi connectivity index (χ2v) is 7.74. The van der Waals surface area contributed by atoms with E-state index in [1.807, 2.05) is 13.0 Å². The number of carbonyl (C=O) groups excluding carboxylic acids is 1. The first-order valence-electron chi connectivity index (χ1n) is 9.93. The number of rotatable bonds is 6. The molecule has 1 fully saturated rings. The Hall–Kier alpha value is -3.02. The molecular formula is C22H23ClFN5O2. The Morgan fingerprint density at radius 2 is 2.10 bits per heavy atom. The fourth-order valence-electron chi connectivity index (χ4n) is 4.08. The molecule has 4 rings (SSSR count). The first-order chi connectivity index (χ1) is 14.5. The average Bonchev–Trinajstić information content (AvgIpc) is 3.35. The number of aryl methyl sites for hydroxylation is 1. The number of hydrogen-bond donors (Lipinski definition) is 1. The molecule has 7 nitrogen and oxygen atoms in total. The zero-order valence-corrected chi connectivity index (χ0v) is 17.9. The van der Waals surface area contributed by atoms with Crippen molar-refractivity contribution in [2.45, 2.75) is 26.2 Å². The van der Waals surface area contributed by atoms with Crippen LogP contribution in [0.2, 0.25) is 0 Å². The van der Waals surface area contributed by atoms with Crippen LogP contribution in [0.1, 0.15) is 40.2 Å². The van der Waals surface area contributed by atoms with E-state index in [0.29, 0.717) is 29.7 Å². The van der Waals surface area contributed by atoms with Gasteiger partial charge in [-0.2, -0.15) is 5.26 Å². The molecule has 0 aliphatic carbocycles. The van der Waals surface area contributed by atoms with Crippen LogP contribution in [0.3, 0.4) is 0 Å². The van der Waals surface area contributed by atoms with E-state index in [9.17, 15) is 14.3 Å². The van der Waals surface area contributed by atoms with Crippen molar-refractivity contribution < 1.29 is 14.3 Å². The van der Waals surface area contributed by atoms with Gasteiger partial charge in [0.2, 0.25) is 5.88 Å². The summed E-state index contributed by atoms with van der Waals surface area (Å²) in [5.41, 5.74) is 2.51. The molecule has 0 amide bonds. The van der Waals surface area contributed by atoms with Crippen LogP contribution in [0.4, 0.5) is 4.39 Å². The summed E-state index contributed by atoms with van der Waals surface area (Å²) in [5.74, 6) is 0.0289. The smallest absolute Gasteiger partial charge is 0.203 e. The Morgan fingerprint density at radius 3 is 2.81 bits per heavy atom. The van der Waals surface area contributed by atoms with Gasteiger partial charge < -0.3 is 10.0 Å². The number of ketones is 1. The Bertz CT molecular complexity index is 1140. The monoisotopic (exact) mass is 443 g/mol. The molecule has 1 N–H and O–H groups in total. The summed E-state index contributed by atoms with van der Waals surface area (Å²) in [7, 11) is 0. The number of aromatic hydroxyl groups is 1. The lowest BCUT2D eigenvalue weighted by Gasteiger charge is -2.17. The second-order valence-electron chi connectivity index (χ2n) is 7.74. The van der Waals surface area contributed by atoms with Crippen LogP contribution in [0.15, 0.2) is 30.6 Å². The van der Waals surface area contributed by atoms with Crippen molar-refractivity contribution in [2.24, 2.45) is 5.92 Å². The molecule has 0 spiro atoms. The normalized spacial score (nSPS) is 16.2. The number of benzene rings is 1. The molecule has 31 heavy (non-hydrogen) atoms. The maximum absolute atomic E-state index is 13.0. The van der Waals surface area contributed by atoms with Crippen molar-refractivity contribution in [3.8, 4) is 11.9 Å². The molecule has 0 radical (unpaired) electrons. The fourth-order valence-corrected chi connectivity index (χ4v) is 4.08. The van der Waals surface area contributed by atoms with Crippen molar-refractivity contribution in [3.05, 3.63) is 58.9 Å². The van der Waals surface area contributed by atoms with E-state index in [0.717, 1.165) is 31.6 Å². The van der Waals surface area contributed by atoms with Crippen LogP contribution < -0.4 is 0 Å².